The van der Waals surface area contributed by atoms with Crippen LogP contribution in [0, 0.1) is 0 Å². The van der Waals surface area contributed by atoms with Crippen molar-refractivity contribution in [3.63, 3.8) is 0 Å². The molecule has 0 aliphatic carbocycles. The third-order valence-corrected chi connectivity index (χ3v) is 1.81. The Kier molecular flexibility index (Phi) is 3.58. The molecule has 0 aliphatic heterocycles. The van der Waals surface area contributed by atoms with Crippen molar-refractivity contribution in [3.8, 4) is 0 Å². The van der Waals surface area contributed by atoms with Crippen molar-refractivity contribution in [3.05, 3.63) is 31.5 Å². The molecule has 0 spiro atoms. The molecule has 0 saturated heterocycles. The number of rotatable bonds is 4. The van der Waals surface area contributed by atoms with Gasteiger partial charge in [-0.3, -0.25) is 4.98 Å². The van der Waals surface area contributed by atoms with Crippen LogP contribution in [0.15, 0.2) is 14.4 Å². The highest BCUT2D eigenvalue weighted by molar-refractivity contribution is 4.74. The molecule has 0 aromatic carbocycles. The highest BCUT2D eigenvalue weighted by Gasteiger charge is 2.07. The number of aliphatic hydroxyl groups is 2. The molecule has 0 atom stereocenters. The first-order valence-electron chi connectivity index (χ1n) is 4.27. The van der Waals surface area contributed by atoms with Crippen molar-refractivity contribution >= 4 is 0 Å². The Morgan fingerprint density at radius 3 is 1.67 bits per heavy atom. The highest BCUT2D eigenvalue weighted by Crippen LogP contribution is 1.70. The lowest BCUT2D eigenvalue weighted by atomic mass is 10.6. The zero-order valence-corrected chi connectivity index (χ0v) is 7.84. The first-order valence-corrected chi connectivity index (χ1v) is 4.27. The monoisotopic (exact) mass is 217 g/mol. The SMILES string of the molecule is O=c1[nH]c(=O)n(CCO)c(=O)n1CCO. The molecule has 0 saturated carbocycles. The van der Waals surface area contributed by atoms with Crippen LogP contribution >= 0.6 is 0 Å². The molecule has 0 amide bonds. The van der Waals surface area contributed by atoms with Gasteiger partial charge in [0.1, 0.15) is 0 Å². The van der Waals surface area contributed by atoms with Gasteiger partial charge in [0.2, 0.25) is 0 Å². The van der Waals surface area contributed by atoms with Gasteiger partial charge in [-0.25, -0.2) is 23.5 Å². The minimum atomic E-state index is -0.867. The van der Waals surface area contributed by atoms with Gasteiger partial charge in [0.25, 0.3) is 0 Å². The van der Waals surface area contributed by atoms with Gasteiger partial charge in [-0.1, -0.05) is 0 Å². The normalized spacial score (nSPS) is 10.5. The number of aromatic amines is 1. The fourth-order valence-corrected chi connectivity index (χ4v) is 1.14. The summed E-state index contributed by atoms with van der Waals surface area (Å²) in [5.74, 6) is 0. The molecule has 15 heavy (non-hydrogen) atoms. The highest BCUT2D eigenvalue weighted by atomic mass is 16.3. The largest absolute Gasteiger partial charge is 0.395 e. The Morgan fingerprint density at radius 2 is 1.33 bits per heavy atom. The van der Waals surface area contributed by atoms with Crippen molar-refractivity contribution < 1.29 is 10.2 Å². The first-order chi connectivity index (χ1) is 7.11. The van der Waals surface area contributed by atoms with E-state index in [2.05, 4.69) is 0 Å². The lowest BCUT2D eigenvalue weighted by Crippen LogP contribution is -2.50. The number of hydrogen-bond donors (Lipinski definition) is 3. The number of aromatic nitrogens is 3. The van der Waals surface area contributed by atoms with Gasteiger partial charge in [0, 0.05) is 0 Å². The second-order valence-corrected chi connectivity index (χ2v) is 2.77. The Balaban J connectivity index is 3.43. The zero-order valence-electron chi connectivity index (χ0n) is 7.84. The molecule has 84 valence electrons. The van der Waals surface area contributed by atoms with Crippen LogP contribution in [0.4, 0.5) is 0 Å². The number of H-pyrrole nitrogens is 1. The molecule has 3 N–H and O–H groups in total. The minimum Gasteiger partial charge on any atom is -0.395 e. The summed E-state index contributed by atoms with van der Waals surface area (Å²) >= 11 is 0. The smallest absolute Gasteiger partial charge is 0.336 e. The molecular formula is C7H11N3O5. The van der Waals surface area contributed by atoms with Crippen LogP contribution in [-0.4, -0.2) is 37.5 Å². The Labute approximate surface area is 83.0 Å². The van der Waals surface area contributed by atoms with Gasteiger partial charge in [0.05, 0.1) is 26.3 Å². The average molecular weight is 217 g/mol. The number of aliphatic hydroxyl groups excluding tert-OH is 2. The third kappa shape index (κ3) is 2.22. The second kappa shape index (κ2) is 4.71. The zero-order chi connectivity index (χ0) is 11.4. The standard InChI is InChI=1S/C7H11N3O5/c11-3-1-9-5(13)8-6(14)10(2-4-12)7(9)15/h11-12H,1-4H2,(H,8,13,14). The third-order valence-electron chi connectivity index (χ3n) is 1.81. The maximum atomic E-state index is 11.5. The van der Waals surface area contributed by atoms with Crippen LogP contribution in [0.1, 0.15) is 0 Å². The van der Waals surface area contributed by atoms with E-state index in [1.807, 2.05) is 4.98 Å². The van der Waals surface area contributed by atoms with Crippen LogP contribution in [0.25, 0.3) is 0 Å². The van der Waals surface area contributed by atoms with E-state index < -0.39 is 17.1 Å². The van der Waals surface area contributed by atoms with E-state index in [9.17, 15) is 14.4 Å². The van der Waals surface area contributed by atoms with E-state index in [1.165, 1.54) is 0 Å². The van der Waals surface area contributed by atoms with Gasteiger partial charge in [-0.15, -0.1) is 0 Å². The van der Waals surface area contributed by atoms with Gasteiger partial charge in [-0.2, -0.15) is 0 Å². The summed E-state index contributed by atoms with van der Waals surface area (Å²) in [6.07, 6.45) is 0. The predicted octanol–water partition coefficient (Wildman–Crippen LogP) is -3.32. The first kappa shape index (κ1) is 11.4. The van der Waals surface area contributed by atoms with Crippen molar-refractivity contribution in [2.45, 2.75) is 13.1 Å². The summed E-state index contributed by atoms with van der Waals surface area (Å²) in [6.45, 7) is -1.17. The summed E-state index contributed by atoms with van der Waals surface area (Å²) in [6, 6.07) is 0. The van der Waals surface area contributed by atoms with Crippen molar-refractivity contribution in [2.75, 3.05) is 13.2 Å². The molecule has 0 fully saturated rings. The second-order valence-electron chi connectivity index (χ2n) is 2.77. The van der Waals surface area contributed by atoms with E-state index in [1.54, 1.807) is 0 Å². The molecule has 1 rings (SSSR count). The quantitative estimate of drug-likeness (QED) is 0.488. The predicted molar refractivity (Wildman–Crippen MR) is 49.8 cm³/mol. The molecular weight excluding hydrogens is 206 g/mol. The lowest BCUT2D eigenvalue weighted by molar-refractivity contribution is 0.255. The summed E-state index contributed by atoms with van der Waals surface area (Å²) in [5.41, 5.74) is -2.58. The fraction of sp³-hybridized carbons (Fsp3) is 0.571. The van der Waals surface area contributed by atoms with E-state index >= 15 is 0 Å². The van der Waals surface area contributed by atoms with Crippen LogP contribution in [-0.2, 0) is 13.1 Å². The Bertz CT molecular complexity index is 455. The fourth-order valence-electron chi connectivity index (χ4n) is 1.14. The van der Waals surface area contributed by atoms with E-state index in [4.69, 9.17) is 10.2 Å². The molecule has 0 radical (unpaired) electrons. The Hall–Kier alpha value is -1.67. The topological polar surface area (TPSA) is 117 Å². The molecule has 1 aromatic heterocycles. The van der Waals surface area contributed by atoms with E-state index in [0.29, 0.717) is 9.13 Å². The van der Waals surface area contributed by atoms with Crippen molar-refractivity contribution in [1.29, 1.82) is 0 Å². The van der Waals surface area contributed by atoms with Crippen molar-refractivity contribution in [1.82, 2.24) is 14.1 Å². The maximum absolute atomic E-state index is 11.5. The molecule has 8 nitrogen and oxygen atoms in total. The molecule has 0 bridgehead atoms. The summed E-state index contributed by atoms with van der Waals surface area (Å²) in [4.78, 5) is 35.6. The van der Waals surface area contributed by atoms with Gasteiger partial charge in [-0.05, 0) is 0 Å². The molecule has 0 unspecified atom stereocenters. The minimum absolute atomic E-state index is 0.195. The van der Waals surface area contributed by atoms with Crippen LogP contribution in [0.3, 0.4) is 0 Å². The maximum Gasteiger partial charge on any atom is 0.336 e. The van der Waals surface area contributed by atoms with Gasteiger partial charge in [0.15, 0.2) is 0 Å². The van der Waals surface area contributed by atoms with E-state index in [-0.39, 0.29) is 26.3 Å². The number of hydrogen-bond acceptors (Lipinski definition) is 5. The molecule has 0 aliphatic rings. The number of nitrogens with zero attached hydrogens (tertiary/aromatic N) is 2. The summed E-state index contributed by atoms with van der Waals surface area (Å²) < 4.78 is 1.38. The van der Waals surface area contributed by atoms with Crippen LogP contribution < -0.4 is 17.1 Å². The van der Waals surface area contributed by atoms with E-state index in [0.717, 1.165) is 0 Å². The molecule has 1 aromatic rings. The average Bonchev–Trinajstić information content (AvgIpc) is 2.19. The van der Waals surface area contributed by atoms with Crippen LogP contribution in [0.5, 0.6) is 0 Å². The summed E-state index contributed by atoms with van der Waals surface area (Å²) in [5, 5.41) is 17.2. The molecule has 8 heteroatoms. The van der Waals surface area contributed by atoms with Crippen molar-refractivity contribution in [2.24, 2.45) is 0 Å². The summed E-state index contributed by atoms with van der Waals surface area (Å²) in [7, 11) is 0. The number of nitrogens with one attached hydrogen (secondary N) is 1. The Morgan fingerprint density at radius 1 is 0.933 bits per heavy atom. The van der Waals surface area contributed by atoms with Gasteiger partial charge >= 0.3 is 17.1 Å². The van der Waals surface area contributed by atoms with Gasteiger partial charge < -0.3 is 10.2 Å². The molecule has 1 heterocycles. The van der Waals surface area contributed by atoms with Crippen LogP contribution in [0.2, 0.25) is 0 Å². The lowest BCUT2D eigenvalue weighted by Gasteiger charge is -2.05.